The van der Waals surface area contributed by atoms with E-state index in [9.17, 15) is 0 Å². The lowest BCUT2D eigenvalue weighted by molar-refractivity contribution is -0.176. The Morgan fingerprint density at radius 3 is 2.55 bits per heavy atom. The van der Waals surface area contributed by atoms with Crippen molar-refractivity contribution in [1.82, 2.24) is 15.5 Å². The summed E-state index contributed by atoms with van der Waals surface area (Å²) in [5.74, 6) is 3.43. The molecule has 0 aromatic rings. The first-order chi connectivity index (χ1) is 10.4. The minimum absolute atomic E-state index is 0.0466. The zero-order valence-corrected chi connectivity index (χ0v) is 15.6. The van der Waals surface area contributed by atoms with E-state index in [1.54, 1.807) is 0 Å². The number of nitrogens with zero attached hydrogens (tertiary/aromatic N) is 2. The van der Waals surface area contributed by atoms with Gasteiger partial charge in [-0.3, -0.25) is 9.89 Å². The van der Waals surface area contributed by atoms with Gasteiger partial charge in [0.05, 0.1) is 5.60 Å². The molecule has 1 saturated heterocycles. The highest BCUT2D eigenvalue weighted by molar-refractivity contribution is 7.99. The summed E-state index contributed by atoms with van der Waals surface area (Å²) in [6.45, 7) is 11.2. The van der Waals surface area contributed by atoms with E-state index in [1.165, 1.54) is 24.6 Å². The van der Waals surface area contributed by atoms with Crippen molar-refractivity contribution in [2.45, 2.75) is 38.8 Å². The molecule has 0 bridgehead atoms. The average Bonchev–Trinajstić information content (AvgIpc) is 2.53. The lowest BCUT2D eigenvalue weighted by Crippen LogP contribution is -2.69. The largest absolute Gasteiger partial charge is 0.378 e. The fourth-order valence-electron chi connectivity index (χ4n) is 3.24. The molecule has 1 heterocycles. The second-order valence-corrected chi connectivity index (χ2v) is 8.24. The van der Waals surface area contributed by atoms with Gasteiger partial charge in [0.25, 0.3) is 0 Å². The van der Waals surface area contributed by atoms with Gasteiger partial charge in [-0.1, -0.05) is 13.8 Å². The lowest BCUT2D eigenvalue weighted by atomic mass is 9.56. The third-order valence-corrected chi connectivity index (χ3v) is 6.58. The molecule has 128 valence electrons. The molecule has 2 N–H and O–H groups in total. The van der Waals surface area contributed by atoms with Gasteiger partial charge in [0.1, 0.15) is 0 Å². The summed E-state index contributed by atoms with van der Waals surface area (Å²) in [7, 11) is 3.65. The van der Waals surface area contributed by atoms with Crippen LogP contribution in [0.25, 0.3) is 0 Å². The van der Waals surface area contributed by atoms with Crippen molar-refractivity contribution >= 4 is 17.7 Å². The molecule has 2 aliphatic rings. The maximum Gasteiger partial charge on any atom is 0.191 e. The molecule has 5 nitrogen and oxygen atoms in total. The van der Waals surface area contributed by atoms with Crippen LogP contribution in [0.2, 0.25) is 0 Å². The topological polar surface area (TPSA) is 48.9 Å². The van der Waals surface area contributed by atoms with E-state index in [2.05, 4.69) is 53.1 Å². The van der Waals surface area contributed by atoms with E-state index in [-0.39, 0.29) is 11.0 Å². The van der Waals surface area contributed by atoms with Crippen molar-refractivity contribution in [3.8, 4) is 0 Å². The van der Waals surface area contributed by atoms with Gasteiger partial charge >= 0.3 is 0 Å². The SMILES string of the molecule is CN=C(NCCN1CCSCC1)NC1CC(C)(OC)C1(C)C. The van der Waals surface area contributed by atoms with Gasteiger partial charge in [-0.25, -0.2) is 0 Å². The highest BCUT2D eigenvalue weighted by Gasteiger charge is 2.58. The highest BCUT2D eigenvalue weighted by atomic mass is 32.2. The predicted octanol–water partition coefficient (Wildman–Crippen LogP) is 1.40. The molecule has 1 aliphatic carbocycles. The van der Waals surface area contributed by atoms with Crippen molar-refractivity contribution < 1.29 is 4.74 Å². The Bertz CT molecular complexity index is 396. The Kier molecular flexibility index (Phi) is 6.02. The van der Waals surface area contributed by atoms with Crippen LogP contribution in [-0.2, 0) is 4.74 Å². The minimum Gasteiger partial charge on any atom is -0.378 e. The number of nitrogens with one attached hydrogen (secondary N) is 2. The molecule has 0 radical (unpaired) electrons. The molecule has 6 heteroatoms. The van der Waals surface area contributed by atoms with E-state index in [0.717, 1.165) is 25.5 Å². The van der Waals surface area contributed by atoms with Gasteiger partial charge < -0.3 is 15.4 Å². The normalized spacial score (nSPS) is 32.4. The maximum absolute atomic E-state index is 5.69. The van der Waals surface area contributed by atoms with Gasteiger partial charge in [-0.15, -0.1) is 0 Å². The maximum atomic E-state index is 5.69. The summed E-state index contributed by atoms with van der Waals surface area (Å²) in [4.78, 5) is 6.88. The van der Waals surface area contributed by atoms with Crippen LogP contribution in [-0.4, -0.2) is 74.3 Å². The fraction of sp³-hybridized carbons (Fsp3) is 0.938. The van der Waals surface area contributed by atoms with Crippen LogP contribution >= 0.6 is 11.8 Å². The molecule has 2 unspecified atom stereocenters. The minimum atomic E-state index is -0.0466. The van der Waals surface area contributed by atoms with Crippen LogP contribution in [0.3, 0.4) is 0 Å². The van der Waals surface area contributed by atoms with Crippen LogP contribution in [0.1, 0.15) is 27.2 Å². The van der Waals surface area contributed by atoms with E-state index in [0.29, 0.717) is 6.04 Å². The van der Waals surface area contributed by atoms with Crippen molar-refractivity contribution in [2.24, 2.45) is 10.4 Å². The van der Waals surface area contributed by atoms with Gasteiger partial charge in [0.15, 0.2) is 5.96 Å². The summed E-state index contributed by atoms with van der Waals surface area (Å²) in [5.41, 5.74) is 0.0540. The van der Waals surface area contributed by atoms with E-state index >= 15 is 0 Å². The first-order valence-corrected chi connectivity index (χ1v) is 9.41. The second kappa shape index (κ2) is 7.41. The summed E-state index contributed by atoms with van der Waals surface area (Å²) in [6, 6.07) is 0.398. The van der Waals surface area contributed by atoms with Crippen LogP contribution in [0, 0.1) is 5.41 Å². The zero-order valence-electron chi connectivity index (χ0n) is 14.7. The number of guanidine groups is 1. The quantitative estimate of drug-likeness (QED) is 0.590. The number of hydrogen-bond acceptors (Lipinski definition) is 4. The second-order valence-electron chi connectivity index (χ2n) is 7.01. The smallest absolute Gasteiger partial charge is 0.191 e. The number of hydrogen-bond donors (Lipinski definition) is 2. The zero-order chi connectivity index (χ0) is 16.2. The Balaban J connectivity index is 1.74. The predicted molar refractivity (Wildman–Crippen MR) is 95.9 cm³/mol. The van der Waals surface area contributed by atoms with Gasteiger partial charge in [-0.2, -0.15) is 11.8 Å². The van der Waals surface area contributed by atoms with Crippen molar-refractivity contribution in [3.05, 3.63) is 0 Å². The van der Waals surface area contributed by atoms with Crippen LogP contribution in [0.5, 0.6) is 0 Å². The third-order valence-electron chi connectivity index (χ3n) is 5.64. The Hall–Kier alpha value is -0.460. The molecule has 0 spiro atoms. The Labute approximate surface area is 139 Å². The van der Waals surface area contributed by atoms with Gasteiger partial charge in [0.2, 0.25) is 0 Å². The number of methoxy groups -OCH3 is 1. The monoisotopic (exact) mass is 328 g/mol. The first kappa shape index (κ1) is 17.9. The Morgan fingerprint density at radius 2 is 2.00 bits per heavy atom. The molecule has 1 aliphatic heterocycles. The summed E-state index contributed by atoms with van der Waals surface area (Å²) < 4.78 is 5.69. The fourth-order valence-corrected chi connectivity index (χ4v) is 4.22. The summed E-state index contributed by atoms with van der Waals surface area (Å²) in [5, 5.41) is 7.01. The standard InChI is InChI=1S/C16H32N4OS/c1-15(2)13(12-16(15,3)21-5)19-14(17-4)18-6-7-20-8-10-22-11-9-20/h13H,6-12H2,1-5H3,(H2,17,18,19). The summed E-state index contributed by atoms with van der Waals surface area (Å²) >= 11 is 2.05. The molecule has 1 saturated carbocycles. The van der Waals surface area contributed by atoms with Gasteiger partial charge in [-0.05, 0) is 13.3 Å². The van der Waals surface area contributed by atoms with E-state index in [1.807, 2.05) is 14.2 Å². The van der Waals surface area contributed by atoms with E-state index in [4.69, 9.17) is 4.74 Å². The number of aliphatic imine (C=N–C) groups is 1. The van der Waals surface area contributed by atoms with Crippen molar-refractivity contribution in [3.63, 3.8) is 0 Å². The molecular formula is C16H32N4OS. The molecule has 2 rings (SSSR count). The molecule has 0 aromatic heterocycles. The lowest BCUT2D eigenvalue weighted by Gasteiger charge is -2.59. The van der Waals surface area contributed by atoms with Gasteiger partial charge in [0, 0.05) is 63.3 Å². The highest BCUT2D eigenvalue weighted by Crippen LogP contribution is 2.51. The Morgan fingerprint density at radius 1 is 1.32 bits per heavy atom. The molecule has 22 heavy (non-hydrogen) atoms. The summed E-state index contributed by atoms with van der Waals surface area (Å²) in [6.07, 6.45) is 1.01. The van der Waals surface area contributed by atoms with Crippen molar-refractivity contribution in [2.75, 3.05) is 51.8 Å². The molecule has 0 aromatic carbocycles. The number of ether oxygens (including phenoxy) is 1. The van der Waals surface area contributed by atoms with Crippen LogP contribution in [0.4, 0.5) is 0 Å². The van der Waals surface area contributed by atoms with Crippen molar-refractivity contribution in [1.29, 1.82) is 0 Å². The molecule has 0 amide bonds. The average molecular weight is 329 g/mol. The van der Waals surface area contributed by atoms with Crippen LogP contribution in [0.15, 0.2) is 4.99 Å². The van der Waals surface area contributed by atoms with Crippen LogP contribution < -0.4 is 10.6 Å². The molecular weight excluding hydrogens is 296 g/mol. The van der Waals surface area contributed by atoms with E-state index < -0.39 is 0 Å². The molecule has 2 fully saturated rings. The molecule has 2 atom stereocenters. The number of rotatable bonds is 5. The number of thioether (sulfide) groups is 1. The third kappa shape index (κ3) is 3.71. The first-order valence-electron chi connectivity index (χ1n) is 8.25.